The number of likely N-dealkylation sites (tertiary alicyclic amines) is 2. The lowest BCUT2D eigenvalue weighted by atomic mass is 9.90. The van der Waals surface area contributed by atoms with Crippen LogP contribution in [0.25, 0.3) is 55.0 Å². The highest BCUT2D eigenvalue weighted by Crippen LogP contribution is 2.37. The van der Waals surface area contributed by atoms with Gasteiger partial charge in [0.05, 0.1) is 49.2 Å². The van der Waals surface area contributed by atoms with Gasteiger partial charge in [-0.1, -0.05) is 56.3 Å². The zero-order chi connectivity index (χ0) is 43.8. The summed E-state index contributed by atoms with van der Waals surface area (Å²) >= 11 is 0. The van der Waals surface area contributed by atoms with E-state index in [1.54, 1.807) is 0 Å². The summed E-state index contributed by atoms with van der Waals surface area (Å²) in [5.41, 5.74) is 5.81. The first-order valence-electron chi connectivity index (χ1n) is 22.0. The smallest absolute Gasteiger partial charge is 0.407 e. The molecule has 0 saturated carbocycles. The Bertz CT molecular complexity index is 2690. The van der Waals surface area contributed by atoms with E-state index in [2.05, 4.69) is 81.3 Å². The molecule has 15 heteroatoms. The maximum atomic E-state index is 14.0. The molecule has 4 amide bonds. The molecule has 328 valence electrons. The Morgan fingerprint density at radius 2 is 1.32 bits per heavy atom. The molecule has 4 unspecified atom stereocenters. The lowest BCUT2D eigenvalue weighted by Crippen LogP contribution is -2.53. The summed E-state index contributed by atoms with van der Waals surface area (Å²) < 4.78 is 15.2. The highest BCUT2D eigenvalue weighted by molar-refractivity contribution is 6.06. The molecule has 0 aliphatic carbocycles. The molecule has 6 aromatic rings. The molecule has 4 atom stereocenters. The van der Waals surface area contributed by atoms with Crippen molar-refractivity contribution in [2.24, 2.45) is 11.8 Å². The van der Waals surface area contributed by atoms with Gasteiger partial charge in [0.15, 0.2) is 0 Å². The second-order valence-electron chi connectivity index (χ2n) is 17.3. The van der Waals surface area contributed by atoms with E-state index in [0.717, 1.165) is 92.3 Å². The first kappa shape index (κ1) is 41.9. The SMILES string of the molecule is COC(=O)NC(C(=O)N1CCCC1c1nc2c(ccc3cc(-c4ccc5cc(-c6cnc(C7CCCN7C(=O)C(NC(=O)OC)C7CCOCC7)[nH]6)ccc5c4)ccc32)[nH]1)C(C)C. The largest absolute Gasteiger partial charge is 0.453 e. The van der Waals surface area contributed by atoms with Crippen LogP contribution >= 0.6 is 0 Å². The monoisotopic (exact) mass is 854 g/mol. The zero-order valence-electron chi connectivity index (χ0n) is 36.1. The number of rotatable bonds is 10. The number of nitrogens with zero attached hydrogens (tertiary/aromatic N) is 4. The molecule has 9 rings (SSSR count). The third kappa shape index (κ3) is 8.29. The number of benzene rings is 4. The number of carbonyl (C=O) groups excluding carboxylic acids is 4. The summed E-state index contributed by atoms with van der Waals surface area (Å²) in [5, 5.41) is 9.82. The van der Waals surface area contributed by atoms with Crippen molar-refractivity contribution in [3.05, 3.63) is 84.6 Å². The van der Waals surface area contributed by atoms with Crippen molar-refractivity contribution in [2.75, 3.05) is 40.5 Å². The number of fused-ring (bicyclic) bond motifs is 4. The summed E-state index contributed by atoms with van der Waals surface area (Å²) in [6.07, 6.45) is 5.23. The number of H-pyrrole nitrogens is 2. The third-order valence-electron chi connectivity index (χ3n) is 13.1. The predicted molar refractivity (Wildman–Crippen MR) is 239 cm³/mol. The first-order chi connectivity index (χ1) is 30.6. The number of nitrogens with one attached hydrogen (secondary N) is 4. The van der Waals surface area contributed by atoms with Crippen LogP contribution < -0.4 is 10.6 Å². The van der Waals surface area contributed by atoms with Gasteiger partial charge >= 0.3 is 12.2 Å². The van der Waals surface area contributed by atoms with E-state index < -0.39 is 24.3 Å². The van der Waals surface area contributed by atoms with Crippen LogP contribution in [0, 0.1) is 11.8 Å². The molecule has 15 nitrogen and oxygen atoms in total. The second kappa shape index (κ2) is 17.7. The van der Waals surface area contributed by atoms with Gasteiger partial charge in [-0.05, 0) is 102 Å². The number of hydrogen-bond acceptors (Lipinski definition) is 9. The minimum atomic E-state index is -0.696. The maximum absolute atomic E-state index is 14.0. The second-order valence-corrected chi connectivity index (χ2v) is 17.3. The van der Waals surface area contributed by atoms with Crippen molar-refractivity contribution < 1.29 is 33.4 Å². The third-order valence-corrected chi connectivity index (χ3v) is 13.1. The summed E-state index contributed by atoms with van der Waals surface area (Å²) in [6.45, 7) is 6.12. The van der Waals surface area contributed by atoms with Gasteiger partial charge in [0.1, 0.15) is 23.7 Å². The minimum absolute atomic E-state index is 0.0295. The average molecular weight is 855 g/mol. The number of methoxy groups -OCH3 is 2. The van der Waals surface area contributed by atoms with E-state index in [9.17, 15) is 19.2 Å². The van der Waals surface area contributed by atoms with Gasteiger partial charge in [-0.25, -0.2) is 19.6 Å². The summed E-state index contributed by atoms with van der Waals surface area (Å²) in [6, 6.07) is 21.6. The summed E-state index contributed by atoms with van der Waals surface area (Å²) in [5.74, 6) is 1.09. The Morgan fingerprint density at radius 1 is 0.714 bits per heavy atom. The van der Waals surface area contributed by atoms with E-state index in [1.807, 2.05) is 35.9 Å². The summed E-state index contributed by atoms with van der Waals surface area (Å²) in [7, 11) is 2.61. The zero-order valence-corrected chi connectivity index (χ0v) is 36.1. The van der Waals surface area contributed by atoms with Crippen LogP contribution in [0.1, 0.15) is 76.1 Å². The topological polar surface area (TPSA) is 184 Å². The molecule has 4 N–H and O–H groups in total. The Kier molecular flexibility index (Phi) is 11.8. The molecule has 3 aliphatic heterocycles. The molecule has 3 saturated heterocycles. The molecule has 0 spiro atoms. The number of aromatic amines is 2. The maximum Gasteiger partial charge on any atom is 0.407 e. The van der Waals surface area contributed by atoms with Crippen LogP contribution in [-0.4, -0.2) is 106 Å². The van der Waals surface area contributed by atoms with Crippen LogP contribution in [0.3, 0.4) is 0 Å². The Morgan fingerprint density at radius 3 is 2.02 bits per heavy atom. The predicted octanol–water partition coefficient (Wildman–Crippen LogP) is 7.79. The quantitative estimate of drug-likeness (QED) is 0.107. The number of carbonyl (C=O) groups is 4. The van der Waals surface area contributed by atoms with Gasteiger partial charge in [-0.3, -0.25) is 9.59 Å². The van der Waals surface area contributed by atoms with Gasteiger partial charge in [-0.2, -0.15) is 0 Å². The fourth-order valence-electron chi connectivity index (χ4n) is 9.71. The van der Waals surface area contributed by atoms with Crippen molar-refractivity contribution in [1.82, 2.24) is 40.4 Å². The first-order valence-corrected chi connectivity index (χ1v) is 22.0. The number of alkyl carbamates (subject to hydrolysis) is 2. The van der Waals surface area contributed by atoms with Gasteiger partial charge in [0.25, 0.3) is 0 Å². The van der Waals surface area contributed by atoms with Gasteiger partial charge in [0, 0.05) is 37.3 Å². The molecule has 5 heterocycles. The van der Waals surface area contributed by atoms with Crippen molar-refractivity contribution >= 4 is 56.6 Å². The van der Waals surface area contributed by atoms with E-state index >= 15 is 0 Å². The number of ether oxygens (including phenoxy) is 3. The molecule has 0 bridgehead atoms. The normalized spacial score (nSPS) is 19.2. The van der Waals surface area contributed by atoms with Crippen LogP contribution in [-0.2, 0) is 23.8 Å². The number of aromatic nitrogens is 4. The number of hydrogen-bond donors (Lipinski definition) is 4. The summed E-state index contributed by atoms with van der Waals surface area (Å²) in [4.78, 5) is 72.7. The lowest BCUT2D eigenvalue weighted by molar-refractivity contribution is -0.137. The Balaban J connectivity index is 0.916. The van der Waals surface area contributed by atoms with Crippen LogP contribution in [0.15, 0.2) is 72.9 Å². The van der Waals surface area contributed by atoms with Gasteiger partial charge in [-0.15, -0.1) is 0 Å². The molecule has 63 heavy (non-hydrogen) atoms. The molecule has 4 aromatic carbocycles. The molecule has 0 radical (unpaired) electrons. The Hall–Kier alpha value is -6.48. The fourth-order valence-corrected chi connectivity index (χ4v) is 9.71. The molecule has 3 fully saturated rings. The highest BCUT2D eigenvalue weighted by atomic mass is 16.5. The minimum Gasteiger partial charge on any atom is -0.453 e. The van der Waals surface area contributed by atoms with Crippen LogP contribution in [0.4, 0.5) is 9.59 Å². The van der Waals surface area contributed by atoms with Crippen LogP contribution in [0.2, 0.25) is 0 Å². The van der Waals surface area contributed by atoms with Crippen molar-refractivity contribution in [1.29, 1.82) is 0 Å². The Labute approximate surface area is 365 Å². The molecule has 2 aromatic heterocycles. The standard InChI is InChI=1S/C48H54N8O7/c1-27(2)40(53-47(59)61-3)45(57)56-20-6-8-39(56)44-50-36-16-14-33-24-32(13-15-35(33)42(36)52-44)29-9-10-31-25-34(12-11-30(31)23-29)37-26-49-43(51-37)38-7-5-19-55(38)46(58)41(54-48(60)62-4)28-17-21-63-22-18-28/h9-16,23-28,38-41H,5-8,17-22H2,1-4H3,(H,49,51)(H,50,52)(H,53,59)(H,54,60). The average Bonchev–Trinajstić information content (AvgIpc) is 4.16. The molecular formula is C48H54N8O7. The van der Waals surface area contributed by atoms with Gasteiger partial charge in [0.2, 0.25) is 11.8 Å². The van der Waals surface area contributed by atoms with Gasteiger partial charge < -0.3 is 44.6 Å². The number of imidazole rings is 2. The molecular weight excluding hydrogens is 801 g/mol. The van der Waals surface area contributed by atoms with E-state index in [0.29, 0.717) is 39.1 Å². The highest BCUT2D eigenvalue weighted by Gasteiger charge is 2.41. The fraction of sp³-hybridized carbons (Fsp3) is 0.417. The van der Waals surface area contributed by atoms with E-state index in [4.69, 9.17) is 24.2 Å². The molecule has 3 aliphatic rings. The van der Waals surface area contributed by atoms with E-state index in [-0.39, 0.29) is 35.7 Å². The van der Waals surface area contributed by atoms with E-state index in [1.165, 1.54) is 14.2 Å². The van der Waals surface area contributed by atoms with Crippen molar-refractivity contribution in [2.45, 2.75) is 76.5 Å². The van der Waals surface area contributed by atoms with Crippen molar-refractivity contribution in [3.63, 3.8) is 0 Å². The number of amides is 4. The van der Waals surface area contributed by atoms with Crippen molar-refractivity contribution in [3.8, 4) is 22.4 Å². The van der Waals surface area contributed by atoms with Crippen LogP contribution in [0.5, 0.6) is 0 Å². The lowest BCUT2D eigenvalue weighted by Gasteiger charge is -2.34.